The Morgan fingerprint density at radius 2 is 2.11 bits per heavy atom. The molecule has 0 bridgehead atoms. The minimum Gasteiger partial charge on any atom is -0.480 e. The van der Waals surface area contributed by atoms with Gasteiger partial charge in [0.1, 0.15) is 6.04 Å². The maximum absolute atomic E-state index is 12.4. The maximum atomic E-state index is 12.4. The Hall–Kier alpha value is -1.36. The van der Waals surface area contributed by atoms with Crippen molar-refractivity contribution in [3.63, 3.8) is 0 Å². The predicted octanol–water partition coefficient (Wildman–Crippen LogP) is 2.30. The SMILES string of the molecule is Cc1cc(C(=O)N2CCC(C)C2C(=O)O)c(C)s1. The summed E-state index contributed by atoms with van der Waals surface area (Å²) in [7, 11) is 0. The van der Waals surface area contributed by atoms with Gasteiger partial charge in [0.2, 0.25) is 0 Å². The second kappa shape index (κ2) is 4.72. The standard InChI is InChI=1S/C13H17NO3S/c1-7-4-5-14(11(7)13(16)17)12(15)10-6-8(2)18-9(10)3/h6-7,11H,4-5H2,1-3H3,(H,16,17). The minimum absolute atomic E-state index is 0.0199. The number of rotatable bonds is 2. The first-order valence-electron chi connectivity index (χ1n) is 6.02. The lowest BCUT2D eigenvalue weighted by molar-refractivity contribution is -0.142. The minimum atomic E-state index is -0.905. The molecular weight excluding hydrogens is 250 g/mol. The van der Waals surface area contributed by atoms with Crippen molar-refractivity contribution >= 4 is 23.2 Å². The molecule has 1 aliphatic rings. The summed E-state index contributed by atoms with van der Waals surface area (Å²) < 4.78 is 0. The molecule has 1 saturated heterocycles. The summed E-state index contributed by atoms with van der Waals surface area (Å²) in [4.78, 5) is 27.2. The van der Waals surface area contributed by atoms with Crippen LogP contribution in [0.15, 0.2) is 6.07 Å². The molecule has 1 N–H and O–H groups in total. The van der Waals surface area contributed by atoms with Crippen molar-refractivity contribution in [3.8, 4) is 0 Å². The Morgan fingerprint density at radius 1 is 1.44 bits per heavy atom. The highest BCUT2D eigenvalue weighted by molar-refractivity contribution is 7.12. The van der Waals surface area contributed by atoms with Crippen LogP contribution in [0.2, 0.25) is 0 Å². The summed E-state index contributed by atoms with van der Waals surface area (Å²) in [6.45, 7) is 6.28. The number of hydrogen-bond donors (Lipinski definition) is 1. The number of thiophene rings is 1. The van der Waals surface area contributed by atoms with Crippen LogP contribution in [-0.4, -0.2) is 34.5 Å². The molecule has 1 aromatic rings. The van der Waals surface area contributed by atoms with E-state index in [1.54, 1.807) is 11.3 Å². The number of carboxylic acid groups (broad SMARTS) is 1. The fourth-order valence-corrected chi connectivity index (χ4v) is 3.47. The van der Waals surface area contributed by atoms with Gasteiger partial charge in [-0.2, -0.15) is 0 Å². The molecule has 18 heavy (non-hydrogen) atoms. The number of aryl methyl sites for hydroxylation is 2. The highest BCUT2D eigenvalue weighted by Gasteiger charge is 2.40. The van der Waals surface area contributed by atoms with Crippen LogP contribution in [0.5, 0.6) is 0 Å². The predicted molar refractivity (Wildman–Crippen MR) is 70.0 cm³/mol. The van der Waals surface area contributed by atoms with Crippen LogP contribution in [0.1, 0.15) is 33.5 Å². The van der Waals surface area contributed by atoms with Gasteiger partial charge in [-0.05, 0) is 32.3 Å². The topological polar surface area (TPSA) is 57.6 Å². The van der Waals surface area contributed by atoms with E-state index < -0.39 is 12.0 Å². The van der Waals surface area contributed by atoms with Crippen molar-refractivity contribution in [2.45, 2.75) is 33.2 Å². The number of hydrogen-bond acceptors (Lipinski definition) is 3. The normalized spacial score (nSPS) is 23.4. The molecule has 5 heteroatoms. The molecule has 1 aromatic heterocycles. The Kier molecular flexibility index (Phi) is 3.43. The number of aliphatic carboxylic acids is 1. The first-order valence-corrected chi connectivity index (χ1v) is 6.84. The van der Waals surface area contributed by atoms with Gasteiger partial charge in [-0.25, -0.2) is 4.79 Å². The highest BCUT2D eigenvalue weighted by Crippen LogP contribution is 2.29. The molecule has 0 aliphatic carbocycles. The van der Waals surface area contributed by atoms with E-state index in [0.717, 1.165) is 16.2 Å². The zero-order valence-corrected chi connectivity index (χ0v) is 11.6. The molecule has 4 nitrogen and oxygen atoms in total. The lowest BCUT2D eigenvalue weighted by Gasteiger charge is -2.23. The molecular formula is C13H17NO3S. The molecule has 0 saturated carbocycles. The van der Waals surface area contributed by atoms with Crippen molar-refractivity contribution in [1.82, 2.24) is 4.90 Å². The van der Waals surface area contributed by atoms with Crippen LogP contribution in [0.25, 0.3) is 0 Å². The van der Waals surface area contributed by atoms with Gasteiger partial charge in [0.05, 0.1) is 5.56 Å². The number of carbonyl (C=O) groups is 2. The molecule has 98 valence electrons. The van der Waals surface area contributed by atoms with Gasteiger partial charge >= 0.3 is 5.97 Å². The number of likely N-dealkylation sites (tertiary alicyclic amines) is 1. The molecule has 2 unspecified atom stereocenters. The summed E-state index contributed by atoms with van der Waals surface area (Å²) in [6, 6.07) is 1.17. The van der Waals surface area contributed by atoms with E-state index in [1.165, 1.54) is 4.90 Å². The van der Waals surface area contributed by atoms with Gasteiger partial charge in [0.25, 0.3) is 5.91 Å². The third-order valence-electron chi connectivity index (χ3n) is 3.49. The largest absolute Gasteiger partial charge is 0.480 e. The maximum Gasteiger partial charge on any atom is 0.326 e. The van der Waals surface area contributed by atoms with Crippen molar-refractivity contribution in [2.24, 2.45) is 5.92 Å². The van der Waals surface area contributed by atoms with E-state index in [-0.39, 0.29) is 11.8 Å². The average Bonchev–Trinajstić information content (AvgIpc) is 2.80. The lowest BCUT2D eigenvalue weighted by atomic mass is 10.0. The second-order valence-corrected chi connectivity index (χ2v) is 6.33. The van der Waals surface area contributed by atoms with Crippen molar-refractivity contribution < 1.29 is 14.7 Å². The van der Waals surface area contributed by atoms with E-state index in [1.807, 2.05) is 26.8 Å². The third-order valence-corrected chi connectivity index (χ3v) is 4.45. The molecule has 1 amide bonds. The van der Waals surface area contributed by atoms with Gasteiger partial charge in [-0.15, -0.1) is 11.3 Å². The number of amides is 1. The molecule has 2 rings (SSSR count). The molecule has 2 atom stereocenters. The third kappa shape index (κ3) is 2.14. The molecule has 1 fully saturated rings. The van der Waals surface area contributed by atoms with Crippen molar-refractivity contribution in [3.05, 3.63) is 21.4 Å². The Labute approximate surface area is 110 Å². The van der Waals surface area contributed by atoms with Crippen molar-refractivity contribution in [2.75, 3.05) is 6.54 Å². The van der Waals surface area contributed by atoms with Gasteiger partial charge in [0.15, 0.2) is 0 Å². The van der Waals surface area contributed by atoms with E-state index in [9.17, 15) is 14.7 Å². The van der Waals surface area contributed by atoms with E-state index in [4.69, 9.17) is 0 Å². The monoisotopic (exact) mass is 267 g/mol. The zero-order chi connectivity index (χ0) is 13.4. The van der Waals surface area contributed by atoms with Gasteiger partial charge in [0, 0.05) is 16.3 Å². The fourth-order valence-electron chi connectivity index (χ4n) is 2.55. The molecule has 0 spiro atoms. The fraction of sp³-hybridized carbons (Fsp3) is 0.538. The zero-order valence-electron chi connectivity index (χ0n) is 10.8. The molecule has 2 heterocycles. The summed E-state index contributed by atoms with van der Waals surface area (Å²) in [5.41, 5.74) is 0.651. The summed E-state index contributed by atoms with van der Waals surface area (Å²) in [5, 5.41) is 9.23. The van der Waals surface area contributed by atoms with E-state index >= 15 is 0 Å². The van der Waals surface area contributed by atoms with Crippen LogP contribution in [0.3, 0.4) is 0 Å². The second-order valence-electron chi connectivity index (χ2n) is 4.87. The van der Waals surface area contributed by atoms with Gasteiger partial charge in [-0.1, -0.05) is 6.92 Å². The summed E-state index contributed by atoms with van der Waals surface area (Å²) >= 11 is 1.57. The first-order chi connectivity index (χ1) is 8.41. The number of nitrogens with zero attached hydrogens (tertiary/aromatic N) is 1. The van der Waals surface area contributed by atoms with Gasteiger partial charge in [-0.3, -0.25) is 4.79 Å². The number of carboxylic acids is 1. The van der Waals surface area contributed by atoms with E-state index in [2.05, 4.69) is 0 Å². The van der Waals surface area contributed by atoms with Crippen LogP contribution in [0.4, 0.5) is 0 Å². The lowest BCUT2D eigenvalue weighted by Crippen LogP contribution is -2.42. The summed E-state index contributed by atoms with van der Waals surface area (Å²) in [5.74, 6) is -1.03. The molecule has 1 aliphatic heterocycles. The Morgan fingerprint density at radius 3 is 2.61 bits per heavy atom. The van der Waals surface area contributed by atoms with E-state index in [0.29, 0.717) is 12.1 Å². The summed E-state index contributed by atoms with van der Waals surface area (Å²) in [6.07, 6.45) is 0.755. The van der Waals surface area contributed by atoms with Crippen LogP contribution in [-0.2, 0) is 4.79 Å². The average molecular weight is 267 g/mol. The number of carbonyl (C=O) groups excluding carboxylic acids is 1. The molecule has 0 aromatic carbocycles. The van der Waals surface area contributed by atoms with Gasteiger partial charge < -0.3 is 10.0 Å². The van der Waals surface area contributed by atoms with Crippen molar-refractivity contribution in [1.29, 1.82) is 0 Å². The quantitative estimate of drug-likeness (QED) is 0.894. The highest BCUT2D eigenvalue weighted by atomic mass is 32.1. The van der Waals surface area contributed by atoms with Crippen LogP contribution < -0.4 is 0 Å². The smallest absolute Gasteiger partial charge is 0.326 e. The molecule has 0 radical (unpaired) electrons. The Bertz CT molecular complexity index is 494. The van der Waals surface area contributed by atoms with Crippen LogP contribution >= 0.6 is 11.3 Å². The first kappa shape index (κ1) is 13.1. The Balaban J connectivity index is 2.29. The van der Waals surface area contributed by atoms with Crippen LogP contribution in [0, 0.1) is 19.8 Å².